The number of carbonyl (C=O) groups excluding carboxylic acids is 1. The van der Waals surface area contributed by atoms with Crippen molar-refractivity contribution >= 4 is 5.91 Å². The van der Waals surface area contributed by atoms with E-state index in [1.807, 2.05) is 37.5 Å². The molecule has 0 bridgehead atoms. The number of hydrogen-bond donors (Lipinski definition) is 1. The second-order valence-corrected chi connectivity index (χ2v) is 8.38. The highest BCUT2D eigenvalue weighted by Crippen LogP contribution is 2.38. The van der Waals surface area contributed by atoms with Crippen LogP contribution in [0, 0.1) is 18.8 Å². The van der Waals surface area contributed by atoms with Gasteiger partial charge in [-0.05, 0) is 69.9 Å². The molecule has 152 valence electrons. The van der Waals surface area contributed by atoms with Crippen molar-refractivity contribution < 1.29 is 4.79 Å². The summed E-state index contributed by atoms with van der Waals surface area (Å²) in [6.45, 7) is 2.76. The van der Waals surface area contributed by atoms with Gasteiger partial charge in [0.1, 0.15) is 5.82 Å². The first-order chi connectivity index (χ1) is 14.2. The molecule has 5 nitrogen and oxygen atoms in total. The van der Waals surface area contributed by atoms with Crippen LogP contribution >= 0.6 is 0 Å². The van der Waals surface area contributed by atoms with Gasteiger partial charge in [0.25, 0.3) is 0 Å². The van der Waals surface area contributed by atoms with Gasteiger partial charge in [0, 0.05) is 36.3 Å². The number of aromatic nitrogens is 3. The standard InChI is InChI=1S/C24H30N4O/c1-17-26-16-21(22-9-5-6-14-25-22)23(28-17)19-12-10-18(11-13-19)15-27-24(29)20-7-3-2-4-8-20/h2-3,5-6,9,14,16,18-20H,4,7-8,10-13,15H2,1H3,(H,27,29)/t18?,19?,20-/m1/s1. The van der Waals surface area contributed by atoms with Crippen LogP contribution in [0.2, 0.25) is 0 Å². The van der Waals surface area contributed by atoms with E-state index in [1.54, 1.807) is 0 Å². The predicted molar refractivity (Wildman–Crippen MR) is 114 cm³/mol. The Kier molecular flexibility index (Phi) is 6.33. The Hall–Kier alpha value is -2.56. The van der Waals surface area contributed by atoms with Crippen molar-refractivity contribution in [2.75, 3.05) is 6.54 Å². The van der Waals surface area contributed by atoms with Gasteiger partial charge >= 0.3 is 0 Å². The quantitative estimate of drug-likeness (QED) is 0.758. The second-order valence-electron chi connectivity index (χ2n) is 8.38. The normalized spacial score (nSPS) is 24.2. The number of allylic oxidation sites excluding steroid dienone is 2. The fourth-order valence-corrected chi connectivity index (χ4v) is 4.58. The smallest absolute Gasteiger partial charge is 0.223 e. The van der Waals surface area contributed by atoms with Crippen LogP contribution in [0.1, 0.15) is 62.4 Å². The molecule has 0 unspecified atom stereocenters. The van der Waals surface area contributed by atoms with E-state index in [1.165, 1.54) is 0 Å². The van der Waals surface area contributed by atoms with E-state index in [9.17, 15) is 4.79 Å². The molecule has 1 amide bonds. The van der Waals surface area contributed by atoms with Gasteiger partial charge in [-0.25, -0.2) is 9.97 Å². The Balaban J connectivity index is 1.36. The van der Waals surface area contributed by atoms with Gasteiger partial charge in [0.15, 0.2) is 0 Å². The molecule has 2 aromatic heterocycles. The number of carbonyl (C=O) groups is 1. The summed E-state index contributed by atoms with van der Waals surface area (Å²) in [6.07, 6.45) is 15.4. The molecule has 2 aliphatic rings. The molecule has 1 fully saturated rings. The van der Waals surface area contributed by atoms with Crippen LogP contribution in [0.3, 0.4) is 0 Å². The number of nitrogens with one attached hydrogen (secondary N) is 1. The molecule has 0 radical (unpaired) electrons. The fourth-order valence-electron chi connectivity index (χ4n) is 4.58. The van der Waals surface area contributed by atoms with Crippen molar-refractivity contribution in [3.05, 3.63) is 54.3 Å². The van der Waals surface area contributed by atoms with Crippen molar-refractivity contribution in [2.24, 2.45) is 11.8 Å². The maximum atomic E-state index is 12.4. The molecule has 0 saturated heterocycles. The van der Waals surface area contributed by atoms with Crippen LogP contribution in [-0.4, -0.2) is 27.4 Å². The lowest BCUT2D eigenvalue weighted by atomic mass is 9.79. The van der Waals surface area contributed by atoms with Gasteiger partial charge in [0.05, 0.1) is 11.4 Å². The third kappa shape index (κ3) is 4.89. The van der Waals surface area contributed by atoms with Gasteiger partial charge in [-0.3, -0.25) is 9.78 Å². The third-order valence-corrected chi connectivity index (χ3v) is 6.32. The summed E-state index contributed by atoms with van der Waals surface area (Å²) in [6, 6.07) is 5.97. The van der Waals surface area contributed by atoms with Crippen molar-refractivity contribution in [1.29, 1.82) is 0 Å². The number of hydrogen-bond acceptors (Lipinski definition) is 4. The van der Waals surface area contributed by atoms with Gasteiger partial charge in [0.2, 0.25) is 5.91 Å². The van der Waals surface area contributed by atoms with Crippen LogP contribution in [0.4, 0.5) is 0 Å². The number of aryl methyl sites for hydroxylation is 1. The van der Waals surface area contributed by atoms with Gasteiger partial charge < -0.3 is 5.32 Å². The lowest BCUT2D eigenvalue weighted by Crippen LogP contribution is -2.35. The van der Waals surface area contributed by atoms with E-state index in [0.29, 0.717) is 11.8 Å². The zero-order chi connectivity index (χ0) is 20.1. The number of amides is 1. The van der Waals surface area contributed by atoms with Crippen LogP contribution in [0.5, 0.6) is 0 Å². The maximum absolute atomic E-state index is 12.4. The second kappa shape index (κ2) is 9.29. The molecular formula is C24H30N4O. The zero-order valence-electron chi connectivity index (χ0n) is 17.2. The molecule has 2 heterocycles. The van der Waals surface area contributed by atoms with Crippen molar-refractivity contribution in [3.63, 3.8) is 0 Å². The van der Waals surface area contributed by atoms with Gasteiger partial charge in [-0.15, -0.1) is 0 Å². The lowest BCUT2D eigenvalue weighted by molar-refractivity contribution is -0.125. The zero-order valence-corrected chi connectivity index (χ0v) is 17.2. The lowest BCUT2D eigenvalue weighted by Gasteiger charge is -2.30. The van der Waals surface area contributed by atoms with E-state index in [2.05, 4.69) is 27.4 Å². The first kappa shape index (κ1) is 19.7. The summed E-state index contributed by atoms with van der Waals surface area (Å²) < 4.78 is 0. The Bertz CT molecular complexity index is 856. The Morgan fingerprint density at radius 2 is 1.97 bits per heavy atom. The molecule has 0 aliphatic heterocycles. The Morgan fingerprint density at radius 1 is 1.10 bits per heavy atom. The highest BCUT2D eigenvalue weighted by atomic mass is 16.1. The molecule has 1 saturated carbocycles. The van der Waals surface area contributed by atoms with E-state index in [-0.39, 0.29) is 11.8 Å². The average molecular weight is 391 g/mol. The van der Waals surface area contributed by atoms with E-state index >= 15 is 0 Å². The molecule has 0 aromatic carbocycles. The first-order valence-corrected chi connectivity index (χ1v) is 10.9. The summed E-state index contributed by atoms with van der Waals surface area (Å²) in [5, 5.41) is 3.21. The SMILES string of the molecule is Cc1ncc(-c2ccccn2)c(C2CCC(CNC(=O)[C@@H]3CC=CCC3)CC2)n1. The van der Waals surface area contributed by atoms with Gasteiger partial charge in [-0.1, -0.05) is 18.2 Å². The molecule has 1 N–H and O–H groups in total. The largest absolute Gasteiger partial charge is 0.356 e. The number of nitrogens with zero attached hydrogens (tertiary/aromatic N) is 3. The minimum atomic E-state index is 0.168. The highest BCUT2D eigenvalue weighted by Gasteiger charge is 2.27. The van der Waals surface area contributed by atoms with Crippen molar-refractivity contribution in [1.82, 2.24) is 20.3 Å². The van der Waals surface area contributed by atoms with Crippen LogP contribution in [-0.2, 0) is 4.79 Å². The maximum Gasteiger partial charge on any atom is 0.223 e. The molecule has 2 aliphatic carbocycles. The minimum absolute atomic E-state index is 0.168. The fraction of sp³-hybridized carbons (Fsp3) is 0.500. The predicted octanol–water partition coefficient (Wildman–Crippen LogP) is 4.59. The number of rotatable bonds is 5. The monoisotopic (exact) mass is 390 g/mol. The summed E-state index contributed by atoms with van der Waals surface area (Å²) in [4.78, 5) is 26.1. The van der Waals surface area contributed by atoms with E-state index in [0.717, 1.165) is 74.3 Å². The highest BCUT2D eigenvalue weighted by molar-refractivity contribution is 5.78. The Morgan fingerprint density at radius 3 is 2.69 bits per heavy atom. The first-order valence-electron chi connectivity index (χ1n) is 10.9. The van der Waals surface area contributed by atoms with Crippen molar-refractivity contribution in [2.45, 2.75) is 57.8 Å². The summed E-state index contributed by atoms with van der Waals surface area (Å²) in [7, 11) is 0. The summed E-state index contributed by atoms with van der Waals surface area (Å²) in [5.41, 5.74) is 3.13. The van der Waals surface area contributed by atoms with Crippen LogP contribution in [0.25, 0.3) is 11.3 Å². The van der Waals surface area contributed by atoms with Gasteiger partial charge in [-0.2, -0.15) is 0 Å². The molecule has 2 aromatic rings. The summed E-state index contributed by atoms with van der Waals surface area (Å²) in [5.74, 6) is 2.22. The van der Waals surface area contributed by atoms with E-state index < -0.39 is 0 Å². The van der Waals surface area contributed by atoms with E-state index in [4.69, 9.17) is 4.98 Å². The third-order valence-electron chi connectivity index (χ3n) is 6.32. The molecule has 1 atom stereocenters. The minimum Gasteiger partial charge on any atom is -0.356 e. The average Bonchev–Trinajstić information content (AvgIpc) is 2.79. The number of pyridine rings is 1. The molecule has 29 heavy (non-hydrogen) atoms. The summed E-state index contributed by atoms with van der Waals surface area (Å²) >= 11 is 0. The molecular weight excluding hydrogens is 360 g/mol. The topological polar surface area (TPSA) is 67.8 Å². The molecule has 0 spiro atoms. The Labute approximate surface area is 173 Å². The molecule has 5 heteroatoms. The molecule has 4 rings (SSSR count). The van der Waals surface area contributed by atoms with Crippen molar-refractivity contribution in [3.8, 4) is 11.3 Å². The van der Waals surface area contributed by atoms with Crippen LogP contribution < -0.4 is 5.32 Å². The van der Waals surface area contributed by atoms with Crippen LogP contribution in [0.15, 0.2) is 42.7 Å².